The first kappa shape index (κ1) is 19.8. The second-order valence-electron chi connectivity index (χ2n) is 5.82. The van der Waals surface area contributed by atoms with Gasteiger partial charge in [0.1, 0.15) is 21.9 Å². The van der Waals surface area contributed by atoms with E-state index < -0.39 is 22.8 Å². The lowest BCUT2D eigenvalue weighted by Crippen LogP contribution is -2.43. The average molecular weight is 418 g/mol. The van der Waals surface area contributed by atoms with Gasteiger partial charge in [-0.15, -0.1) is 0 Å². The van der Waals surface area contributed by atoms with E-state index in [1.165, 1.54) is 18.2 Å². The van der Waals surface area contributed by atoms with E-state index in [2.05, 4.69) is 0 Å². The fourth-order valence-corrected chi connectivity index (χ4v) is 4.02. The van der Waals surface area contributed by atoms with Crippen molar-refractivity contribution in [1.29, 1.82) is 0 Å². The van der Waals surface area contributed by atoms with Crippen molar-refractivity contribution in [2.24, 2.45) is 0 Å². The first-order valence-corrected chi connectivity index (χ1v) is 9.38. The molecular formula is C18H14N2O6S2. The molecule has 0 radical (unpaired) electrons. The van der Waals surface area contributed by atoms with Gasteiger partial charge in [0.05, 0.1) is 9.83 Å². The fraction of sp³-hybridized carbons (Fsp3) is 0.167. The highest BCUT2D eigenvalue weighted by atomic mass is 32.2. The number of carboxylic acid groups (broad SMARTS) is 1. The van der Waals surface area contributed by atoms with Gasteiger partial charge in [-0.2, -0.15) is 0 Å². The standard InChI is InChI=1S/C18H14N2O6S2/c1-2-13(17(22)23)19-16(21)15(28-18(19)27)9-12-7-8-14(26-12)10-3-5-11(6-4-10)20(24)25/h3-9,13H,2H2,1H3,(H,22,23). The van der Waals surface area contributed by atoms with E-state index in [1.807, 2.05) is 0 Å². The molecule has 2 aromatic rings. The second-order valence-corrected chi connectivity index (χ2v) is 7.50. The Morgan fingerprint density at radius 3 is 2.61 bits per heavy atom. The molecule has 0 bridgehead atoms. The van der Waals surface area contributed by atoms with Crippen LogP contribution in [0.5, 0.6) is 0 Å². The van der Waals surface area contributed by atoms with Gasteiger partial charge < -0.3 is 9.52 Å². The van der Waals surface area contributed by atoms with Gasteiger partial charge in [-0.05, 0) is 30.7 Å². The molecule has 1 aromatic heterocycles. The minimum absolute atomic E-state index is 0.0249. The summed E-state index contributed by atoms with van der Waals surface area (Å²) in [5.41, 5.74) is 0.623. The minimum Gasteiger partial charge on any atom is -0.480 e. The minimum atomic E-state index is -1.11. The van der Waals surface area contributed by atoms with Gasteiger partial charge >= 0.3 is 5.97 Å². The predicted octanol–water partition coefficient (Wildman–Crippen LogP) is 3.92. The Balaban J connectivity index is 1.83. The topological polar surface area (TPSA) is 114 Å². The van der Waals surface area contributed by atoms with E-state index in [0.29, 0.717) is 17.1 Å². The summed E-state index contributed by atoms with van der Waals surface area (Å²) in [6.45, 7) is 1.67. The molecule has 1 atom stereocenters. The molecule has 1 unspecified atom stereocenters. The largest absolute Gasteiger partial charge is 0.480 e. The van der Waals surface area contributed by atoms with Crippen molar-refractivity contribution < 1.29 is 24.0 Å². The van der Waals surface area contributed by atoms with E-state index in [-0.39, 0.29) is 21.3 Å². The molecule has 1 N–H and O–H groups in total. The molecule has 3 rings (SSSR count). The van der Waals surface area contributed by atoms with E-state index >= 15 is 0 Å². The van der Waals surface area contributed by atoms with Crippen LogP contribution in [0, 0.1) is 10.1 Å². The smallest absolute Gasteiger partial charge is 0.326 e. The fourth-order valence-electron chi connectivity index (χ4n) is 2.68. The monoisotopic (exact) mass is 418 g/mol. The number of nitro benzene ring substituents is 1. The summed E-state index contributed by atoms with van der Waals surface area (Å²) in [5, 5.41) is 20.0. The van der Waals surface area contributed by atoms with Crippen molar-refractivity contribution in [2.45, 2.75) is 19.4 Å². The van der Waals surface area contributed by atoms with Gasteiger partial charge in [0.25, 0.3) is 11.6 Å². The van der Waals surface area contributed by atoms with Gasteiger partial charge in [-0.1, -0.05) is 30.9 Å². The maximum atomic E-state index is 12.6. The molecule has 0 aliphatic carbocycles. The molecule has 2 heterocycles. The maximum Gasteiger partial charge on any atom is 0.326 e. The van der Waals surface area contributed by atoms with Crippen LogP contribution in [0.2, 0.25) is 0 Å². The zero-order valence-electron chi connectivity index (χ0n) is 14.5. The van der Waals surface area contributed by atoms with Crippen molar-refractivity contribution in [3.63, 3.8) is 0 Å². The average Bonchev–Trinajstić information content (AvgIpc) is 3.22. The predicted molar refractivity (Wildman–Crippen MR) is 108 cm³/mol. The van der Waals surface area contributed by atoms with E-state index in [9.17, 15) is 24.8 Å². The third-order valence-electron chi connectivity index (χ3n) is 4.07. The number of aliphatic carboxylic acids is 1. The summed E-state index contributed by atoms with van der Waals surface area (Å²) < 4.78 is 5.88. The number of thiocarbonyl (C=S) groups is 1. The van der Waals surface area contributed by atoms with Crippen molar-refractivity contribution >= 4 is 51.9 Å². The van der Waals surface area contributed by atoms with Crippen LogP contribution < -0.4 is 0 Å². The number of furan rings is 1. The van der Waals surface area contributed by atoms with Crippen LogP contribution in [0.3, 0.4) is 0 Å². The summed E-state index contributed by atoms with van der Waals surface area (Å²) >= 11 is 6.18. The van der Waals surface area contributed by atoms with Crippen LogP contribution in [0.15, 0.2) is 45.7 Å². The quantitative estimate of drug-likeness (QED) is 0.325. The molecular weight excluding hydrogens is 404 g/mol. The Labute approximate surface area is 169 Å². The second kappa shape index (κ2) is 7.95. The third-order valence-corrected chi connectivity index (χ3v) is 5.40. The molecule has 1 aliphatic heterocycles. The molecule has 0 spiro atoms. The summed E-state index contributed by atoms with van der Waals surface area (Å²) in [6.07, 6.45) is 1.74. The number of nitrogens with zero attached hydrogens (tertiary/aromatic N) is 2. The van der Waals surface area contributed by atoms with Crippen LogP contribution in [-0.2, 0) is 9.59 Å². The van der Waals surface area contributed by atoms with Gasteiger partial charge in [0, 0.05) is 23.8 Å². The maximum absolute atomic E-state index is 12.6. The molecule has 1 aliphatic rings. The van der Waals surface area contributed by atoms with Crippen molar-refractivity contribution in [3.8, 4) is 11.3 Å². The molecule has 10 heteroatoms. The number of non-ortho nitro benzene ring substituents is 1. The first-order valence-electron chi connectivity index (χ1n) is 8.16. The molecule has 1 aromatic carbocycles. The van der Waals surface area contributed by atoms with Gasteiger partial charge in [0.15, 0.2) is 0 Å². The highest BCUT2D eigenvalue weighted by Gasteiger charge is 2.39. The SMILES string of the molecule is CCC(C(=O)O)N1C(=O)C(=Cc2ccc(-c3ccc([N+](=O)[O-])cc3)o2)SC1=S. The number of carbonyl (C=O) groups is 2. The molecule has 144 valence electrons. The number of benzene rings is 1. The Kier molecular flexibility index (Phi) is 5.61. The lowest BCUT2D eigenvalue weighted by atomic mass is 10.1. The molecule has 1 saturated heterocycles. The Morgan fingerprint density at radius 2 is 2.04 bits per heavy atom. The number of rotatable bonds is 6. The highest BCUT2D eigenvalue weighted by Crippen LogP contribution is 2.35. The summed E-state index contributed by atoms with van der Waals surface area (Å²) in [5.74, 6) is -0.720. The summed E-state index contributed by atoms with van der Waals surface area (Å²) in [4.78, 5) is 35.6. The number of hydrogen-bond acceptors (Lipinski definition) is 7. The van der Waals surface area contributed by atoms with Crippen LogP contribution >= 0.6 is 24.0 Å². The Bertz CT molecular complexity index is 996. The lowest BCUT2D eigenvalue weighted by Gasteiger charge is -2.21. The summed E-state index contributed by atoms with van der Waals surface area (Å²) in [6, 6.07) is 8.21. The number of carboxylic acids is 1. The van der Waals surface area contributed by atoms with Gasteiger partial charge in [-0.25, -0.2) is 4.79 Å². The summed E-state index contributed by atoms with van der Waals surface area (Å²) in [7, 11) is 0. The number of amides is 1. The molecule has 8 nitrogen and oxygen atoms in total. The van der Waals surface area contributed by atoms with Crippen LogP contribution in [-0.4, -0.2) is 37.2 Å². The molecule has 28 heavy (non-hydrogen) atoms. The van der Waals surface area contributed by atoms with Gasteiger partial charge in [-0.3, -0.25) is 19.8 Å². The van der Waals surface area contributed by atoms with E-state index in [0.717, 1.165) is 16.7 Å². The van der Waals surface area contributed by atoms with Gasteiger partial charge in [0.2, 0.25) is 0 Å². The van der Waals surface area contributed by atoms with Crippen LogP contribution in [0.25, 0.3) is 17.4 Å². The normalized spacial score (nSPS) is 16.6. The molecule has 1 fully saturated rings. The van der Waals surface area contributed by atoms with E-state index in [1.54, 1.807) is 31.2 Å². The zero-order valence-corrected chi connectivity index (χ0v) is 16.2. The third kappa shape index (κ3) is 3.82. The van der Waals surface area contributed by atoms with Crippen LogP contribution in [0.1, 0.15) is 19.1 Å². The first-order chi connectivity index (χ1) is 13.3. The Morgan fingerprint density at radius 1 is 1.36 bits per heavy atom. The highest BCUT2D eigenvalue weighted by molar-refractivity contribution is 8.26. The molecule has 1 amide bonds. The zero-order chi connectivity index (χ0) is 20.4. The number of hydrogen-bond donors (Lipinski definition) is 1. The number of nitro groups is 1. The number of thioether (sulfide) groups is 1. The molecule has 0 saturated carbocycles. The van der Waals surface area contributed by atoms with Crippen molar-refractivity contribution in [2.75, 3.05) is 0 Å². The lowest BCUT2D eigenvalue weighted by molar-refractivity contribution is -0.384. The van der Waals surface area contributed by atoms with Crippen molar-refractivity contribution in [1.82, 2.24) is 4.90 Å². The van der Waals surface area contributed by atoms with Crippen molar-refractivity contribution in [3.05, 3.63) is 57.2 Å². The Hall–Kier alpha value is -2.98. The van der Waals surface area contributed by atoms with E-state index in [4.69, 9.17) is 16.6 Å². The van der Waals surface area contributed by atoms with Crippen LogP contribution in [0.4, 0.5) is 5.69 Å². The number of carbonyl (C=O) groups excluding carboxylic acids is 1.